The molecule has 0 unspecified atom stereocenters. The molecule has 3 heteroatoms. The Morgan fingerprint density at radius 2 is 2.08 bits per heavy atom. The first-order valence-corrected chi connectivity index (χ1v) is 4.39. The summed E-state index contributed by atoms with van der Waals surface area (Å²) < 4.78 is 0. The summed E-state index contributed by atoms with van der Waals surface area (Å²) in [6.45, 7) is 0. The number of carbonyl (C=O) groups is 1. The van der Waals surface area contributed by atoms with Crippen LogP contribution in [-0.2, 0) is 4.79 Å². The van der Waals surface area contributed by atoms with Gasteiger partial charge in [-0.2, -0.15) is 0 Å². The van der Waals surface area contributed by atoms with Gasteiger partial charge in [0.15, 0.2) is 5.12 Å². The van der Waals surface area contributed by atoms with Crippen molar-refractivity contribution >= 4 is 23.1 Å². The van der Waals surface area contributed by atoms with Crippen LogP contribution in [0.15, 0.2) is 35.2 Å². The van der Waals surface area contributed by atoms with Crippen molar-refractivity contribution < 1.29 is 4.79 Å². The van der Waals surface area contributed by atoms with Crippen molar-refractivity contribution in [1.82, 2.24) is 0 Å². The number of carbonyl (C=O) groups excluding carboxylic acids is 1. The predicted molar refractivity (Wildman–Crippen MR) is 50.7 cm³/mol. The maximum Gasteiger partial charge on any atom is 0.198 e. The molecule has 1 N–H and O–H groups in total. The van der Waals surface area contributed by atoms with Crippen LogP contribution in [-0.4, -0.2) is 11.3 Å². The minimum Gasteiger partial charge on any atom is -0.313 e. The van der Waals surface area contributed by atoms with Crippen LogP contribution in [0.3, 0.4) is 0 Å². The highest BCUT2D eigenvalue weighted by Crippen LogP contribution is 2.18. The molecule has 0 radical (unpaired) electrons. The van der Waals surface area contributed by atoms with Crippen molar-refractivity contribution in [3.8, 4) is 0 Å². The molecule has 0 fully saturated rings. The fourth-order valence-corrected chi connectivity index (χ4v) is 1.47. The number of hydrogen-bond acceptors (Lipinski definition) is 3. The van der Waals surface area contributed by atoms with Crippen LogP contribution in [0.4, 0.5) is 0 Å². The molecule has 1 rings (SSSR count). The first-order chi connectivity index (χ1) is 5.83. The van der Waals surface area contributed by atoms with Crippen LogP contribution >= 0.6 is 11.8 Å². The molecule has 1 aromatic carbocycles. The fourth-order valence-electron chi connectivity index (χ4n) is 0.745. The zero-order chi connectivity index (χ0) is 8.81. The van der Waals surface area contributed by atoms with Gasteiger partial charge in [0.05, 0.1) is 6.42 Å². The molecule has 0 saturated carbocycles. The first kappa shape index (κ1) is 9.00. The maximum absolute atomic E-state index is 11.0. The molecule has 1 aromatic rings. The van der Waals surface area contributed by atoms with Crippen molar-refractivity contribution in [3.63, 3.8) is 0 Å². The summed E-state index contributed by atoms with van der Waals surface area (Å²) >= 11 is 1.18. The topological polar surface area (TPSA) is 40.9 Å². The van der Waals surface area contributed by atoms with Crippen LogP contribution in [0, 0.1) is 5.41 Å². The lowest BCUT2D eigenvalue weighted by Crippen LogP contribution is -1.90. The van der Waals surface area contributed by atoms with E-state index in [1.165, 1.54) is 11.8 Å². The van der Waals surface area contributed by atoms with E-state index in [4.69, 9.17) is 5.41 Å². The summed E-state index contributed by atoms with van der Waals surface area (Å²) in [5.74, 6) is 0. The molecule has 0 spiro atoms. The van der Waals surface area contributed by atoms with E-state index >= 15 is 0 Å². The molecule has 0 amide bonds. The largest absolute Gasteiger partial charge is 0.313 e. The minimum absolute atomic E-state index is 0.0104. The molecule has 62 valence electrons. The van der Waals surface area contributed by atoms with Crippen molar-refractivity contribution in [3.05, 3.63) is 30.3 Å². The van der Waals surface area contributed by atoms with Crippen molar-refractivity contribution in [2.45, 2.75) is 11.3 Å². The van der Waals surface area contributed by atoms with Crippen LogP contribution in [0.1, 0.15) is 6.42 Å². The summed E-state index contributed by atoms with van der Waals surface area (Å²) in [5.41, 5.74) is 0. The molecule has 0 aromatic heterocycles. The van der Waals surface area contributed by atoms with Crippen LogP contribution in [0.2, 0.25) is 0 Å². The Kier molecular flexibility index (Phi) is 3.54. The number of nitrogens with one attached hydrogen (secondary N) is 1. The van der Waals surface area contributed by atoms with Crippen LogP contribution < -0.4 is 0 Å². The zero-order valence-corrected chi connectivity index (χ0v) is 7.30. The summed E-state index contributed by atoms with van der Waals surface area (Å²) in [6, 6.07) is 9.45. The zero-order valence-electron chi connectivity index (χ0n) is 6.49. The average Bonchev–Trinajstić information content (AvgIpc) is 2.06. The van der Waals surface area contributed by atoms with E-state index in [0.717, 1.165) is 11.1 Å². The molecular weight excluding hydrogens is 170 g/mol. The Labute approximate surface area is 75.5 Å². The molecule has 0 saturated heterocycles. The lowest BCUT2D eigenvalue weighted by atomic mass is 10.4. The van der Waals surface area contributed by atoms with E-state index in [1.807, 2.05) is 30.3 Å². The average molecular weight is 179 g/mol. The smallest absolute Gasteiger partial charge is 0.198 e. The highest BCUT2D eigenvalue weighted by molar-refractivity contribution is 8.13. The Hall–Kier alpha value is -1.09. The third-order valence-electron chi connectivity index (χ3n) is 1.24. The number of hydrogen-bond donors (Lipinski definition) is 1. The SMILES string of the molecule is N=CCC(=O)Sc1ccccc1. The van der Waals surface area contributed by atoms with Gasteiger partial charge in [-0.05, 0) is 12.1 Å². The molecule has 12 heavy (non-hydrogen) atoms. The number of thioether (sulfide) groups is 1. The molecule has 2 nitrogen and oxygen atoms in total. The molecule has 0 aliphatic heterocycles. The van der Waals surface area contributed by atoms with Gasteiger partial charge in [-0.1, -0.05) is 30.0 Å². The van der Waals surface area contributed by atoms with Gasteiger partial charge < -0.3 is 5.41 Å². The Balaban J connectivity index is 2.52. The summed E-state index contributed by atoms with van der Waals surface area (Å²) in [6.07, 6.45) is 1.33. The fraction of sp³-hybridized carbons (Fsp3) is 0.111. The van der Waals surface area contributed by atoms with Crippen molar-refractivity contribution in [1.29, 1.82) is 5.41 Å². The Morgan fingerprint density at radius 1 is 1.42 bits per heavy atom. The van der Waals surface area contributed by atoms with Gasteiger partial charge in [0, 0.05) is 11.1 Å². The third kappa shape index (κ3) is 2.88. The van der Waals surface area contributed by atoms with E-state index in [-0.39, 0.29) is 11.5 Å². The van der Waals surface area contributed by atoms with E-state index in [2.05, 4.69) is 0 Å². The quantitative estimate of drug-likeness (QED) is 0.571. The van der Waals surface area contributed by atoms with E-state index in [9.17, 15) is 4.79 Å². The normalized spacial score (nSPS) is 9.33. The second kappa shape index (κ2) is 4.72. The standard InChI is InChI=1S/C9H9NOS/c10-7-6-9(11)12-8-4-2-1-3-5-8/h1-5,7,10H,6H2. The second-order valence-electron chi connectivity index (χ2n) is 2.20. The van der Waals surface area contributed by atoms with Gasteiger partial charge in [-0.25, -0.2) is 0 Å². The van der Waals surface area contributed by atoms with Crippen LogP contribution in [0.5, 0.6) is 0 Å². The Morgan fingerprint density at radius 3 is 2.67 bits per heavy atom. The molecule has 0 aliphatic rings. The van der Waals surface area contributed by atoms with Crippen molar-refractivity contribution in [2.24, 2.45) is 0 Å². The van der Waals surface area contributed by atoms with Gasteiger partial charge in [-0.3, -0.25) is 4.79 Å². The second-order valence-corrected chi connectivity index (χ2v) is 3.33. The molecular formula is C9H9NOS. The lowest BCUT2D eigenvalue weighted by Gasteiger charge is -1.95. The monoisotopic (exact) mass is 179 g/mol. The molecule has 0 bridgehead atoms. The molecule has 0 aliphatic carbocycles. The van der Waals surface area contributed by atoms with E-state index in [0.29, 0.717) is 0 Å². The maximum atomic E-state index is 11.0. The molecule has 0 atom stereocenters. The minimum atomic E-state index is 0.0104. The molecule has 0 heterocycles. The van der Waals surface area contributed by atoms with E-state index in [1.54, 1.807) is 0 Å². The third-order valence-corrected chi connectivity index (χ3v) is 2.15. The summed E-state index contributed by atoms with van der Waals surface area (Å²) in [5, 5.41) is 6.75. The van der Waals surface area contributed by atoms with Gasteiger partial charge in [0.2, 0.25) is 0 Å². The van der Waals surface area contributed by atoms with Gasteiger partial charge in [0.25, 0.3) is 0 Å². The Bertz CT molecular complexity index is 271. The van der Waals surface area contributed by atoms with Crippen molar-refractivity contribution in [2.75, 3.05) is 0 Å². The van der Waals surface area contributed by atoms with Gasteiger partial charge in [0.1, 0.15) is 0 Å². The predicted octanol–water partition coefficient (Wildman–Crippen LogP) is 2.34. The summed E-state index contributed by atoms with van der Waals surface area (Å²) in [4.78, 5) is 12.0. The lowest BCUT2D eigenvalue weighted by molar-refractivity contribution is -0.109. The number of rotatable bonds is 3. The van der Waals surface area contributed by atoms with Gasteiger partial charge in [-0.15, -0.1) is 0 Å². The number of benzene rings is 1. The van der Waals surface area contributed by atoms with E-state index < -0.39 is 0 Å². The van der Waals surface area contributed by atoms with Crippen LogP contribution in [0.25, 0.3) is 0 Å². The highest BCUT2D eigenvalue weighted by atomic mass is 32.2. The first-order valence-electron chi connectivity index (χ1n) is 3.57. The highest BCUT2D eigenvalue weighted by Gasteiger charge is 2.00. The van der Waals surface area contributed by atoms with Gasteiger partial charge >= 0.3 is 0 Å². The summed E-state index contributed by atoms with van der Waals surface area (Å²) in [7, 11) is 0.